The molecule has 0 radical (unpaired) electrons. The van der Waals surface area contributed by atoms with E-state index in [-0.39, 0.29) is 17.4 Å². The molecular formula is C18H26Cr. The Hall–Kier alpha value is -0.768. The minimum Gasteiger partial charge on any atom is -0.211 e. The van der Waals surface area contributed by atoms with Gasteiger partial charge in [0.05, 0.1) is 0 Å². The first-order valence-corrected chi connectivity index (χ1v) is 7.10. The molecule has 1 heteroatoms. The second kappa shape index (κ2) is 10.1. The third kappa shape index (κ3) is 7.41. The van der Waals surface area contributed by atoms with Crippen molar-refractivity contribution in [1.82, 2.24) is 0 Å². The topological polar surface area (TPSA) is 0 Å². The molecule has 0 nitrogen and oxygen atoms in total. The van der Waals surface area contributed by atoms with E-state index in [4.69, 9.17) is 0 Å². The molecule has 0 spiro atoms. The first-order valence-electron chi connectivity index (χ1n) is 7.10. The van der Waals surface area contributed by atoms with E-state index < -0.39 is 0 Å². The zero-order valence-corrected chi connectivity index (χ0v) is 14.0. The van der Waals surface area contributed by atoms with Crippen LogP contribution < -0.4 is 0 Å². The summed E-state index contributed by atoms with van der Waals surface area (Å²) < 4.78 is 0. The maximum absolute atomic E-state index is 2.25. The van der Waals surface area contributed by atoms with E-state index in [1.54, 1.807) is 0 Å². The Bertz CT molecular complexity index is 392. The SMILES string of the molecule is CCC[c-]1ccc(C)c1.CCC[c-]1ccc(C)c1.[Cr+2]. The number of hydrogen-bond acceptors (Lipinski definition) is 0. The van der Waals surface area contributed by atoms with Crippen LogP contribution in [0.15, 0.2) is 36.4 Å². The summed E-state index contributed by atoms with van der Waals surface area (Å²) in [5.41, 5.74) is 5.74. The van der Waals surface area contributed by atoms with Gasteiger partial charge in [-0.2, -0.15) is 35.4 Å². The first kappa shape index (κ1) is 18.2. The van der Waals surface area contributed by atoms with E-state index >= 15 is 0 Å². The van der Waals surface area contributed by atoms with Crippen LogP contribution in [-0.4, -0.2) is 0 Å². The van der Waals surface area contributed by atoms with Crippen LogP contribution in [0, 0.1) is 13.8 Å². The standard InChI is InChI=1S/2C9H13.Cr/c2*1-3-4-9-6-5-8(2)7-9;/h2*5-7H,3-4H2,1-2H3;/q2*-1;+2. The second-order valence-electron chi connectivity index (χ2n) is 5.09. The minimum atomic E-state index is 0. The van der Waals surface area contributed by atoms with Gasteiger partial charge in [-0.1, -0.05) is 53.4 Å². The number of rotatable bonds is 4. The van der Waals surface area contributed by atoms with Gasteiger partial charge < -0.3 is 0 Å². The largest absolute Gasteiger partial charge is 2.00 e. The Kier molecular flexibility index (Phi) is 9.67. The van der Waals surface area contributed by atoms with Crippen LogP contribution >= 0.6 is 0 Å². The summed E-state index contributed by atoms with van der Waals surface area (Å²) in [4.78, 5) is 0. The maximum Gasteiger partial charge on any atom is 2.00 e. The van der Waals surface area contributed by atoms with Crippen LogP contribution in [0.4, 0.5) is 0 Å². The Balaban J connectivity index is 0.000000324. The normalized spacial score (nSPS) is 9.47. The Morgan fingerprint density at radius 3 is 1.37 bits per heavy atom. The first-order chi connectivity index (χ1) is 8.65. The zero-order chi connectivity index (χ0) is 13.4. The number of aryl methyl sites for hydroxylation is 4. The Labute approximate surface area is 129 Å². The van der Waals surface area contributed by atoms with Crippen LogP contribution in [-0.2, 0) is 30.2 Å². The van der Waals surface area contributed by atoms with Crippen molar-refractivity contribution in [2.45, 2.75) is 53.4 Å². The van der Waals surface area contributed by atoms with Crippen molar-refractivity contribution in [3.8, 4) is 0 Å². The summed E-state index contributed by atoms with van der Waals surface area (Å²) in [6, 6.07) is 13.3. The molecule has 2 aromatic rings. The molecular weight excluding hydrogens is 268 g/mol. The fourth-order valence-electron chi connectivity index (χ4n) is 2.14. The molecule has 2 rings (SSSR count). The monoisotopic (exact) mass is 294 g/mol. The molecule has 0 unspecified atom stereocenters. The average Bonchev–Trinajstić information content (AvgIpc) is 2.90. The Morgan fingerprint density at radius 2 is 1.16 bits per heavy atom. The van der Waals surface area contributed by atoms with Gasteiger partial charge in [0.1, 0.15) is 0 Å². The summed E-state index contributed by atoms with van der Waals surface area (Å²) in [7, 11) is 0. The van der Waals surface area contributed by atoms with Crippen LogP contribution in [0.25, 0.3) is 0 Å². The molecule has 0 amide bonds. The smallest absolute Gasteiger partial charge is 0.211 e. The Morgan fingerprint density at radius 1 is 0.789 bits per heavy atom. The molecule has 0 saturated heterocycles. The molecule has 104 valence electrons. The van der Waals surface area contributed by atoms with Crippen molar-refractivity contribution in [2.75, 3.05) is 0 Å². The second-order valence-corrected chi connectivity index (χ2v) is 5.09. The van der Waals surface area contributed by atoms with Gasteiger partial charge in [-0.15, -0.1) is 0 Å². The molecule has 0 aliphatic carbocycles. The summed E-state index contributed by atoms with van der Waals surface area (Å²) in [5, 5.41) is 0. The number of hydrogen-bond donors (Lipinski definition) is 0. The molecule has 0 aliphatic rings. The third-order valence-corrected chi connectivity index (χ3v) is 3.02. The molecule has 0 atom stereocenters. The molecule has 0 bridgehead atoms. The summed E-state index contributed by atoms with van der Waals surface area (Å²) in [5.74, 6) is 0. The van der Waals surface area contributed by atoms with E-state index in [9.17, 15) is 0 Å². The van der Waals surface area contributed by atoms with Crippen molar-refractivity contribution in [1.29, 1.82) is 0 Å². The van der Waals surface area contributed by atoms with E-state index in [2.05, 4.69) is 64.1 Å². The van der Waals surface area contributed by atoms with Crippen LogP contribution in [0.3, 0.4) is 0 Å². The van der Waals surface area contributed by atoms with Gasteiger partial charge in [0.25, 0.3) is 0 Å². The van der Waals surface area contributed by atoms with Gasteiger partial charge in [0.15, 0.2) is 0 Å². The van der Waals surface area contributed by atoms with Crippen LogP contribution in [0.5, 0.6) is 0 Å². The fraction of sp³-hybridized carbons (Fsp3) is 0.444. The zero-order valence-electron chi connectivity index (χ0n) is 12.7. The van der Waals surface area contributed by atoms with Gasteiger partial charge in [-0.05, 0) is 0 Å². The molecule has 0 fully saturated rings. The van der Waals surface area contributed by atoms with Gasteiger partial charge in [-0.25, -0.2) is 23.3 Å². The van der Waals surface area contributed by atoms with Crippen molar-refractivity contribution in [3.05, 3.63) is 58.7 Å². The third-order valence-electron chi connectivity index (χ3n) is 3.02. The van der Waals surface area contributed by atoms with Gasteiger partial charge in [0.2, 0.25) is 0 Å². The molecule has 0 saturated carbocycles. The predicted molar refractivity (Wildman–Crippen MR) is 81.5 cm³/mol. The van der Waals surface area contributed by atoms with Gasteiger partial charge in [0, 0.05) is 0 Å². The van der Waals surface area contributed by atoms with Crippen LogP contribution in [0.1, 0.15) is 48.9 Å². The van der Waals surface area contributed by atoms with Crippen molar-refractivity contribution in [3.63, 3.8) is 0 Å². The summed E-state index contributed by atoms with van der Waals surface area (Å²) >= 11 is 0. The molecule has 0 heterocycles. The molecule has 0 N–H and O–H groups in total. The van der Waals surface area contributed by atoms with Crippen molar-refractivity contribution < 1.29 is 17.4 Å². The van der Waals surface area contributed by atoms with Crippen molar-refractivity contribution in [2.24, 2.45) is 0 Å². The molecule has 0 aliphatic heterocycles. The quantitative estimate of drug-likeness (QED) is 0.669. The fourth-order valence-corrected chi connectivity index (χ4v) is 2.14. The van der Waals surface area contributed by atoms with E-state index in [1.807, 2.05) is 0 Å². The van der Waals surface area contributed by atoms with Crippen molar-refractivity contribution >= 4 is 0 Å². The summed E-state index contributed by atoms with van der Waals surface area (Å²) in [6.07, 6.45) is 4.97. The minimum absolute atomic E-state index is 0. The van der Waals surface area contributed by atoms with E-state index in [0.717, 1.165) is 0 Å². The van der Waals surface area contributed by atoms with Crippen LogP contribution in [0.2, 0.25) is 0 Å². The van der Waals surface area contributed by atoms with Gasteiger partial charge in [-0.3, -0.25) is 0 Å². The summed E-state index contributed by atoms with van der Waals surface area (Å²) in [6.45, 7) is 8.70. The molecule has 0 aromatic heterocycles. The molecule has 19 heavy (non-hydrogen) atoms. The van der Waals surface area contributed by atoms with E-state index in [0.29, 0.717) is 0 Å². The molecule has 2 aromatic carbocycles. The average molecular weight is 294 g/mol. The predicted octanol–water partition coefficient (Wildman–Crippen LogP) is 5.33. The maximum atomic E-state index is 2.25. The van der Waals surface area contributed by atoms with E-state index in [1.165, 1.54) is 47.9 Å². The van der Waals surface area contributed by atoms with Gasteiger partial charge >= 0.3 is 17.4 Å².